The van der Waals surface area contributed by atoms with Gasteiger partial charge >= 0.3 is 0 Å². The minimum Gasteiger partial charge on any atom is -0.388 e. The van der Waals surface area contributed by atoms with E-state index in [1.165, 1.54) is 0 Å². The van der Waals surface area contributed by atoms with E-state index in [1.807, 2.05) is 13.8 Å². The van der Waals surface area contributed by atoms with Crippen molar-refractivity contribution in [1.82, 2.24) is 20.2 Å². The zero-order valence-electron chi connectivity index (χ0n) is 6.02. The molecule has 0 aliphatic heterocycles. The number of aliphatic hydroxyl groups excluding tert-OH is 1. The van der Waals surface area contributed by atoms with Crippen LogP contribution in [0.15, 0.2) is 0 Å². The van der Waals surface area contributed by atoms with Crippen molar-refractivity contribution >= 4 is 0 Å². The molecule has 56 valence electrons. The molecule has 0 atom stereocenters. The summed E-state index contributed by atoms with van der Waals surface area (Å²) in [6.07, 6.45) is 0. The molecule has 0 aromatic carbocycles. The summed E-state index contributed by atoms with van der Waals surface area (Å²) >= 11 is 0. The fraction of sp³-hybridized carbons (Fsp3) is 0.800. The number of hydrogen-bond donors (Lipinski definition) is 1. The molecule has 0 saturated heterocycles. The fourth-order valence-electron chi connectivity index (χ4n) is 0.718. The lowest BCUT2D eigenvalue weighted by molar-refractivity contribution is 0.259. The lowest BCUT2D eigenvalue weighted by atomic mass is 10.4. The van der Waals surface area contributed by atoms with Crippen molar-refractivity contribution in [2.24, 2.45) is 0 Å². The molecule has 0 unspecified atom stereocenters. The smallest absolute Gasteiger partial charge is 0.177 e. The fourth-order valence-corrected chi connectivity index (χ4v) is 0.718. The topological polar surface area (TPSA) is 63.8 Å². The maximum atomic E-state index is 8.69. The lowest BCUT2D eigenvalue weighted by Gasteiger charge is -2.04. The Bertz CT molecular complexity index is 207. The Hall–Kier alpha value is -0.970. The second kappa shape index (κ2) is 2.74. The van der Waals surface area contributed by atoms with E-state index < -0.39 is 0 Å². The first-order valence-corrected chi connectivity index (χ1v) is 3.13. The molecule has 0 bridgehead atoms. The predicted octanol–water partition coefficient (Wildman–Crippen LogP) is -0.254. The molecule has 1 aromatic rings. The second-order valence-electron chi connectivity index (χ2n) is 2.29. The Labute approximate surface area is 58.7 Å². The summed E-state index contributed by atoms with van der Waals surface area (Å²) in [6.45, 7) is 3.80. The maximum Gasteiger partial charge on any atom is 0.177 e. The number of rotatable bonds is 2. The van der Waals surface area contributed by atoms with Crippen LogP contribution in [0.4, 0.5) is 0 Å². The van der Waals surface area contributed by atoms with Gasteiger partial charge in [0.15, 0.2) is 5.82 Å². The highest BCUT2D eigenvalue weighted by Crippen LogP contribution is 2.02. The molecule has 0 spiro atoms. The van der Waals surface area contributed by atoms with Crippen molar-refractivity contribution in [1.29, 1.82) is 0 Å². The Morgan fingerprint density at radius 2 is 2.30 bits per heavy atom. The summed E-state index contributed by atoms with van der Waals surface area (Å²) in [5.74, 6) is 0.509. The first-order valence-electron chi connectivity index (χ1n) is 3.13. The highest BCUT2D eigenvalue weighted by Gasteiger charge is 2.05. The van der Waals surface area contributed by atoms with E-state index in [0.717, 1.165) is 0 Å². The van der Waals surface area contributed by atoms with Crippen molar-refractivity contribution in [3.05, 3.63) is 5.82 Å². The predicted molar refractivity (Wildman–Crippen MR) is 34.1 cm³/mol. The molecule has 1 aromatic heterocycles. The van der Waals surface area contributed by atoms with Crippen LogP contribution in [0.5, 0.6) is 0 Å². The third-order valence-corrected chi connectivity index (χ3v) is 1.19. The van der Waals surface area contributed by atoms with Crippen LogP contribution in [0.25, 0.3) is 0 Å². The standard InChI is InChI=1S/C5H10N4O/c1-4(2)9-5(3-10)6-7-8-9/h4,10H,3H2,1-2H3. The minimum atomic E-state index is -0.106. The van der Waals surface area contributed by atoms with E-state index in [4.69, 9.17) is 5.11 Å². The molecule has 5 nitrogen and oxygen atoms in total. The average molecular weight is 142 g/mol. The third-order valence-electron chi connectivity index (χ3n) is 1.19. The largest absolute Gasteiger partial charge is 0.388 e. The lowest BCUT2D eigenvalue weighted by Crippen LogP contribution is -2.07. The SMILES string of the molecule is CC(C)n1nnnc1CO. The number of aromatic nitrogens is 4. The van der Waals surface area contributed by atoms with Crippen LogP contribution in [-0.4, -0.2) is 25.3 Å². The van der Waals surface area contributed by atoms with Crippen LogP contribution < -0.4 is 0 Å². The molecule has 0 fully saturated rings. The quantitative estimate of drug-likeness (QED) is 0.618. The van der Waals surface area contributed by atoms with Gasteiger partial charge in [-0.05, 0) is 24.3 Å². The Morgan fingerprint density at radius 1 is 1.60 bits per heavy atom. The molecule has 0 aliphatic rings. The molecule has 0 aliphatic carbocycles. The van der Waals surface area contributed by atoms with Gasteiger partial charge in [-0.15, -0.1) is 5.10 Å². The summed E-state index contributed by atoms with van der Waals surface area (Å²) < 4.78 is 1.58. The van der Waals surface area contributed by atoms with E-state index in [2.05, 4.69) is 15.5 Å². The van der Waals surface area contributed by atoms with Crippen LogP contribution in [-0.2, 0) is 6.61 Å². The molecule has 10 heavy (non-hydrogen) atoms. The first-order chi connectivity index (χ1) is 4.75. The minimum absolute atomic E-state index is 0.106. The highest BCUT2D eigenvalue weighted by atomic mass is 16.3. The summed E-state index contributed by atoms with van der Waals surface area (Å²) in [5, 5.41) is 19.4. The van der Waals surface area contributed by atoms with E-state index in [0.29, 0.717) is 5.82 Å². The van der Waals surface area contributed by atoms with Crippen molar-refractivity contribution in [2.45, 2.75) is 26.5 Å². The van der Waals surface area contributed by atoms with Gasteiger partial charge < -0.3 is 5.11 Å². The van der Waals surface area contributed by atoms with Crippen molar-refractivity contribution < 1.29 is 5.11 Å². The summed E-state index contributed by atoms with van der Waals surface area (Å²) in [5.41, 5.74) is 0. The van der Waals surface area contributed by atoms with E-state index in [-0.39, 0.29) is 12.6 Å². The zero-order chi connectivity index (χ0) is 7.56. The van der Waals surface area contributed by atoms with E-state index in [1.54, 1.807) is 4.68 Å². The first kappa shape index (κ1) is 7.14. The molecule has 5 heteroatoms. The van der Waals surface area contributed by atoms with Crippen LogP contribution >= 0.6 is 0 Å². The van der Waals surface area contributed by atoms with Crippen LogP contribution in [0.1, 0.15) is 25.7 Å². The monoisotopic (exact) mass is 142 g/mol. The van der Waals surface area contributed by atoms with Crippen LogP contribution in [0.3, 0.4) is 0 Å². The van der Waals surface area contributed by atoms with Gasteiger partial charge in [0, 0.05) is 0 Å². The van der Waals surface area contributed by atoms with Gasteiger partial charge in [-0.2, -0.15) is 0 Å². The van der Waals surface area contributed by atoms with Crippen LogP contribution in [0, 0.1) is 0 Å². The van der Waals surface area contributed by atoms with Gasteiger partial charge in [0.25, 0.3) is 0 Å². The van der Waals surface area contributed by atoms with Crippen molar-refractivity contribution in [3.8, 4) is 0 Å². The molecule has 1 heterocycles. The Balaban J connectivity index is 2.90. The molecular weight excluding hydrogens is 132 g/mol. The molecular formula is C5H10N4O. The van der Waals surface area contributed by atoms with Crippen LogP contribution in [0.2, 0.25) is 0 Å². The van der Waals surface area contributed by atoms with Crippen molar-refractivity contribution in [3.63, 3.8) is 0 Å². The Kier molecular flexibility index (Phi) is 1.96. The molecule has 0 radical (unpaired) electrons. The normalized spacial score (nSPS) is 10.8. The summed E-state index contributed by atoms with van der Waals surface area (Å²) in [6, 6.07) is 0.206. The van der Waals surface area contributed by atoms with Crippen molar-refractivity contribution in [2.75, 3.05) is 0 Å². The number of tetrazole rings is 1. The highest BCUT2D eigenvalue weighted by molar-refractivity contribution is 4.78. The third kappa shape index (κ3) is 1.13. The zero-order valence-corrected chi connectivity index (χ0v) is 6.02. The number of nitrogens with zero attached hydrogens (tertiary/aromatic N) is 4. The van der Waals surface area contributed by atoms with Gasteiger partial charge in [0.2, 0.25) is 0 Å². The van der Waals surface area contributed by atoms with E-state index in [9.17, 15) is 0 Å². The maximum absolute atomic E-state index is 8.69. The second-order valence-corrected chi connectivity index (χ2v) is 2.29. The van der Waals surface area contributed by atoms with Gasteiger partial charge in [0.1, 0.15) is 6.61 Å². The van der Waals surface area contributed by atoms with Gasteiger partial charge in [0.05, 0.1) is 6.04 Å². The molecule has 0 amide bonds. The Morgan fingerprint density at radius 3 is 2.70 bits per heavy atom. The molecule has 0 saturated carbocycles. The molecule has 1 rings (SSSR count). The molecule has 1 N–H and O–H groups in total. The average Bonchev–Trinajstić information content (AvgIpc) is 2.33. The number of aliphatic hydroxyl groups is 1. The summed E-state index contributed by atoms with van der Waals surface area (Å²) in [4.78, 5) is 0. The van der Waals surface area contributed by atoms with Gasteiger partial charge in [-0.1, -0.05) is 0 Å². The summed E-state index contributed by atoms with van der Waals surface area (Å²) in [7, 11) is 0. The number of hydrogen-bond acceptors (Lipinski definition) is 4. The van der Waals surface area contributed by atoms with Gasteiger partial charge in [-0.3, -0.25) is 0 Å². The van der Waals surface area contributed by atoms with E-state index >= 15 is 0 Å². The van der Waals surface area contributed by atoms with Gasteiger partial charge in [-0.25, -0.2) is 4.68 Å².